The summed E-state index contributed by atoms with van der Waals surface area (Å²) in [4.78, 5) is 4.85. The van der Waals surface area contributed by atoms with Gasteiger partial charge in [0.1, 0.15) is 5.75 Å². The highest BCUT2D eigenvalue weighted by molar-refractivity contribution is 5.86. The quantitative estimate of drug-likeness (QED) is 0.549. The molecular weight excluding hydrogens is 282 g/mol. The maximum atomic E-state index is 5.39. The number of nitrogens with zero attached hydrogens (tertiary/aromatic N) is 1. The van der Waals surface area contributed by atoms with Gasteiger partial charge in [-0.15, -0.1) is 0 Å². The molecule has 0 saturated heterocycles. The summed E-state index contributed by atoms with van der Waals surface area (Å²) in [7, 11) is 1.71. The van der Waals surface area contributed by atoms with Crippen molar-refractivity contribution in [3.05, 3.63) is 60.2 Å². The van der Waals surface area contributed by atoms with Crippen LogP contribution in [0.3, 0.4) is 0 Å². The first-order chi connectivity index (χ1) is 11.3. The summed E-state index contributed by atoms with van der Waals surface area (Å²) in [6.07, 6.45) is 4.78. The fourth-order valence-electron chi connectivity index (χ4n) is 2.93. The van der Waals surface area contributed by atoms with Gasteiger partial charge in [0.25, 0.3) is 0 Å². The highest BCUT2D eigenvalue weighted by Crippen LogP contribution is 2.28. The number of hydrogen-bond acceptors (Lipinski definition) is 2. The molecular formula is C21H23NO. The minimum absolute atomic E-state index is 0.892. The molecule has 0 aliphatic carbocycles. The van der Waals surface area contributed by atoms with Crippen LogP contribution in [0.2, 0.25) is 0 Å². The van der Waals surface area contributed by atoms with E-state index < -0.39 is 0 Å². The van der Waals surface area contributed by atoms with E-state index in [1.165, 1.54) is 35.8 Å². The van der Waals surface area contributed by atoms with Crippen LogP contribution in [0.5, 0.6) is 5.75 Å². The number of rotatable bonds is 6. The van der Waals surface area contributed by atoms with E-state index in [9.17, 15) is 0 Å². The van der Waals surface area contributed by atoms with Crippen molar-refractivity contribution >= 4 is 10.9 Å². The number of hydrogen-bond donors (Lipinski definition) is 0. The lowest BCUT2D eigenvalue weighted by Gasteiger charge is -2.11. The lowest BCUT2D eigenvalue weighted by molar-refractivity contribution is 0.415. The summed E-state index contributed by atoms with van der Waals surface area (Å²) in [6.45, 7) is 2.24. The Kier molecular flexibility index (Phi) is 4.92. The molecule has 0 saturated carbocycles. The van der Waals surface area contributed by atoms with Gasteiger partial charge in [0.15, 0.2) is 0 Å². The summed E-state index contributed by atoms with van der Waals surface area (Å²) in [5, 5.41) is 1.21. The molecule has 2 aromatic carbocycles. The third kappa shape index (κ3) is 3.53. The van der Waals surface area contributed by atoms with Gasteiger partial charge in [0, 0.05) is 10.9 Å². The molecule has 1 aromatic heterocycles. The highest BCUT2D eigenvalue weighted by atomic mass is 16.5. The normalized spacial score (nSPS) is 10.9. The Labute approximate surface area is 138 Å². The molecule has 0 bridgehead atoms. The summed E-state index contributed by atoms with van der Waals surface area (Å²) in [5.41, 5.74) is 4.62. The van der Waals surface area contributed by atoms with Crippen molar-refractivity contribution in [3.8, 4) is 17.0 Å². The SMILES string of the molecule is CCCCCc1cc(-c2ccccc2)nc2ccc(OC)cc12. The zero-order valence-electron chi connectivity index (χ0n) is 13.9. The van der Waals surface area contributed by atoms with Gasteiger partial charge < -0.3 is 4.74 Å². The number of aromatic nitrogens is 1. The van der Waals surface area contributed by atoms with E-state index >= 15 is 0 Å². The van der Waals surface area contributed by atoms with Gasteiger partial charge in [0.2, 0.25) is 0 Å². The highest BCUT2D eigenvalue weighted by Gasteiger charge is 2.08. The molecule has 0 unspecified atom stereocenters. The second kappa shape index (κ2) is 7.28. The van der Waals surface area contributed by atoms with Crippen LogP contribution in [0.15, 0.2) is 54.6 Å². The maximum Gasteiger partial charge on any atom is 0.119 e. The van der Waals surface area contributed by atoms with Crippen LogP contribution in [0.4, 0.5) is 0 Å². The molecule has 0 N–H and O–H groups in total. The van der Waals surface area contributed by atoms with Crippen LogP contribution in [-0.4, -0.2) is 12.1 Å². The molecule has 3 rings (SSSR count). The molecule has 1 heterocycles. The Morgan fingerprint density at radius 2 is 1.78 bits per heavy atom. The zero-order chi connectivity index (χ0) is 16.1. The number of pyridine rings is 1. The minimum Gasteiger partial charge on any atom is -0.497 e. The molecule has 118 valence electrons. The largest absolute Gasteiger partial charge is 0.497 e. The topological polar surface area (TPSA) is 22.1 Å². The van der Waals surface area contributed by atoms with Crippen molar-refractivity contribution in [3.63, 3.8) is 0 Å². The molecule has 2 heteroatoms. The minimum atomic E-state index is 0.892. The molecule has 3 aromatic rings. The predicted molar refractivity (Wildman–Crippen MR) is 97.0 cm³/mol. The number of aryl methyl sites for hydroxylation is 1. The van der Waals surface area contributed by atoms with E-state index in [4.69, 9.17) is 9.72 Å². The second-order valence-corrected chi connectivity index (χ2v) is 5.87. The van der Waals surface area contributed by atoms with E-state index in [1.807, 2.05) is 12.1 Å². The van der Waals surface area contributed by atoms with Crippen LogP contribution in [0, 0.1) is 0 Å². The van der Waals surface area contributed by atoms with Crippen LogP contribution in [0.1, 0.15) is 31.7 Å². The molecule has 0 aliphatic rings. The first kappa shape index (κ1) is 15.5. The maximum absolute atomic E-state index is 5.39. The monoisotopic (exact) mass is 305 g/mol. The number of methoxy groups -OCH3 is 1. The summed E-state index contributed by atoms with van der Waals surface area (Å²) >= 11 is 0. The van der Waals surface area contributed by atoms with E-state index in [0.29, 0.717) is 0 Å². The van der Waals surface area contributed by atoms with Gasteiger partial charge >= 0.3 is 0 Å². The van der Waals surface area contributed by atoms with E-state index in [2.05, 4.69) is 49.4 Å². The van der Waals surface area contributed by atoms with Crippen LogP contribution < -0.4 is 4.74 Å². The molecule has 0 radical (unpaired) electrons. The average Bonchev–Trinajstić information content (AvgIpc) is 2.62. The number of ether oxygens (including phenoxy) is 1. The predicted octanol–water partition coefficient (Wildman–Crippen LogP) is 5.64. The van der Waals surface area contributed by atoms with Crippen molar-refractivity contribution in [1.82, 2.24) is 4.98 Å². The van der Waals surface area contributed by atoms with Crippen molar-refractivity contribution in [2.24, 2.45) is 0 Å². The number of unbranched alkanes of at least 4 members (excludes halogenated alkanes) is 2. The van der Waals surface area contributed by atoms with Gasteiger partial charge in [-0.1, -0.05) is 50.1 Å². The van der Waals surface area contributed by atoms with E-state index in [-0.39, 0.29) is 0 Å². The molecule has 0 amide bonds. The lowest BCUT2D eigenvalue weighted by Crippen LogP contribution is -1.94. The average molecular weight is 305 g/mol. The van der Waals surface area contributed by atoms with Crippen LogP contribution >= 0.6 is 0 Å². The van der Waals surface area contributed by atoms with Crippen molar-refractivity contribution in [1.29, 1.82) is 0 Å². The Bertz CT molecular complexity index is 780. The van der Waals surface area contributed by atoms with Crippen molar-refractivity contribution in [2.45, 2.75) is 32.6 Å². The molecule has 0 fully saturated rings. The molecule has 23 heavy (non-hydrogen) atoms. The summed E-state index contributed by atoms with van der Waals surface area (Å²) in [6, 6.07) is 18.8. The molecule has 0 atom stereocenters. The first-order valence-electron chi connectivity index (χ1n) is 8.35. The number of benzene rings is 2. The van der Waals surface area contributed by atoms with Gasteiger partial charge in [-0.2, -0.15) is 0 Å². The standard InChI is InChI=1S/C21H23NO/c1-3-4-6-11-17-14-21(16-9-7-5-8-10-16)22-20-13-12-18(23-2)15-19(17)20/h5,7-10,12-15H,3-4,6,11H2,1-2H3. The van der Waals surface area contributed by atoms with Crippen LogP contribution in [-0.2, 0) is 6.42 Å². The Balaban J connectivity index is 2.09. The van der Waals surface area contributed by atoms with Gasteiger partial charge in [-0.05, 0) is 42.7 Å². The Morgan fingerprint density at radius 1 is 0.957 bits per heavy atom. The Hall–Kier alpha value is -2.35. The summed E-state index contributed by atoms with van der Waals surface area (Å²) in [5.74, 6) is 0.892. The van der Waals surface area contributed by atoms with E-state index in [1.54, 1.807) is 7.11 Å². The first-order valence-corrected chi connectivity index (χ1v) is 8.35. The van der Waals surface area contributed by atoms with Crippen molar-refractivity contribution < 1.29 is 4.74 Å². The molecule has 0 aliphatic heterocycles. The summed E-state index contributed by atoms with van der Waals surface area (Å²) < 4.78 is 5.39. The number of fused-ring (bicyclic) bond motifs is 1. The third-order valence-corrected chi connectivity index (χ3v) is 4.22. The molecule has 2 nitrogen and oxygen atoms in total. The molecule has 0 spiro atoms. The zero-order valence-corrected chi connectivity index (χ0v) is 13.9. The fourth-order valence-corrected chi connectivity index (χ4v) is 2.93. The lowest BCUT2D eigenvalue weighted by atomic mass is 9.99. The van der Waals surface area contributed by atoms with E-state index in [0.717, 1.165) is 23.4 Å². The van der Waals surface area contributed by atoms with Crippen LogP contribution in [0.25, 0.3) is 22.2 Å². The Morgan fingerprint density at radius 3 is 2.52 bits per heavy atom. The fraction of sp³-hybridized carbons (Fsp3) is 0.286. The third-order valence-electron chi connectivity index (χ3n) is 4.22. The smallest absolute Gasteiger partial charge is 0.119 e. The van der Waals surface area contributed by atoms with Gasteiger partial charge in [-0.3, -0.25) is 0 Å². The van der Waals surface area contributed by atoms with Gasteiger partial charge in [-0.25, -0.2) is 4.98 Å². The second-order valence-electron chi connectivity index (χ2n) is 5.87. The van der Waals surface area contributed by atoms with Crippen molar-refractivity contribution in [2.75, 3.05) is 7.11 Å². The van der Waals surface area contributed by atoms with Gasteiger partial charge in [0.05, 0.1) is 18.3 Å².